The first-order chi connectivity index (χ1) is 10.9. The molecule has 128 valence electrons. The molecule has 2 unspecified atom stereocenters. The first kappa shape index (κ1) is 16.7. The maximum Gasteiger partial charge on any atom is 0.151 e. The van der Waals surface area contributed by atoms with E-state index in [2.05, 4.69) is 53.3 Å². The smallest absolute Gasteiger partial charge is 0.151 e. The minimum atomic E-state index is -0.157. The van der Waals surface area contributed by atoms with Crippen molar-refractivity contribution in [2.45, 2.75) is 64.0 Å². The number of anilines is 1. The van der Waals surface area contributed by atoms with Crippen molar-refractivity contribution in [2.24, 2.45) is 5.92 Å². The van der Waals surface area contributed by atoms with E-state index in [1.165, 1.54) is 12.8 Å². The zero-order chi connectivity index (χ0) is 16.4. The van der Waals surface area contributed by atoms with E-state index in [1.807, 2.05) is 0 Å². The van der Waals surface area contributed by atoms with Crippen molar-refractivity contribution in [3.05, 3.63) is 17.8 Å². The summed E-state index contributed by atoms with van der Waals surface area (Å²) in [5, 5.41) is 22.3. The molecule has 5 nitrogen and oxygen atoms in total. The third-order valence-corrected chi connectivity index (χ3v) is 5.10. The van der Waals surface area contributed by atoms with E-state index in [-0.39, 0.29) is 11.5 Å². The van der Waals surface area contributed by atoms with Crippen molar-refractivity contribution >= 4 is 5.82 Å². The summed E-state index contributed by atoms with van der Waals surface area (Å²) in [4.78, 5) is 2.28. The Morgan fingerprint density at radius 3 is 2.52 bits per heavy atom. The summed E-state index contributed by atoms with van der Waals surface area (Å²) >= 11 is 0. The monoisotopic (exact) mass is 318 g/mol. The third-order valence-electron chi connectivity index (χ3n) is 5.10. The zero-order valence-corrected chi connectivity index (χ0v) is 14.6. The summed E-state index contributed by atoms with van der Waals surface area (Å²) in [6.07, 6.45) is 4.30. The van der Waals surface area contributed by atoms with Crippen molar-refractivity contribution in [3.63, 3.8) is 0 Å². The fourth-order valence-corrected chi connectivity index (χ4v) is 3.45. The van der Waals surface area contributed by atoms with E-state index in [9.17, 15) is 5.11 Å². The van der Waals surface area contributed by atoms with Crippen LogP contribution < -0.4 is 10.2 Å². The molecule has 2 atom stereocenters. The number of aromatic nitrogens is 2. The highest BCUT2D eigenvalue weighted by Crippen LogP contribution is 2.25. The molecule has 23 heavy (non-hydrogen) atoms. The predicted molar refractivity (Wildman–Crippen MR) is 92.7 cm³/mol. The summed E-state index contributed by atoms with van der Waals surface area (Å²) in [7, 11) is 0. The highest BCUT2D eigenvalue weighted by molar-refractivity contribution is 5.41. The number of hydrogen-bond donors (Lipinski definition) is 2. The van der Waals surface area contributed by atoms with Crippen LogP contribution in [0.2, 0.25) is 0 Å². The van der Waals surface area contributed by atoms with Gasteiger partial charge < -0.3 is 15.3 Å². The van der Waals surface area contributed by atoms with Crippen LogP contribution in [0.15, 0.2) is 12.1 Å². The molecule has 0 spiro atoms. The minimum absolute atomic E-state index is 0.0494. The number of aliphatic hydroxyl groups excluding tert-OH is 1. The molecule has 0 radical (unpaired) electrons. The number of rotatable bonds is 4. The highest BCUT2D eigenvalue weighted by atomic mass is 16.3. The van der Waals surface area contributed by atoms with Crippen molar-refractivity contribution in [3.8, 4) is 0 Å². The molecular weight excluding hydrogens is 288 g/mol. The van der Waals surface area contributed by atoms with Gasteiger partial charge in [0.1, 0.15) is 0 Å². The number of hydrogen-bond acceptors (Lipinski definition) is 5. The van der Waals surface area contributed by atoms with Crippen LogP contribution in [0.1, 0.15) is 52.1 Å². The molecule has 1 saturated heterocycles. The van der Waals surface area contributed by atoms with Crippen LogP contribution in [0, 0.1) is 5.92 Å². The maximum absolute atomic E-state index is 10.0. The molecule has 1 aliphatic heterocycles. The van der Waals surface area contributed by atoms with E-state index >= 15 is 0 Å². The lowest BCUT2D eigenvalue weighted by molar-refractivity contribution is 0.0879. The van der Waals surface area contributed by atoms with Gasteiger partial charge in [-0.1, -0.05) is 33.6 Å². The standard InChI is InChI=1S/C18H30N4O/c1-18(2,3)16-8-9-17(21-20-16)22-11-13(12-22)10-19-14-6-4-5-7-15(14)23/h8-9,13-15,19,23H,4-7,10-12H2,1-3H3. The van der Waals surface area contributed by atoms with E-state index < -0.39 is 0 Å². The summed E-state index contributed by atoms with van der Waals surface area (Å²) in [5.74, 6) is 1.63. The Kier molecular flexibility index (Phi) is 4.87. The van der Waals surface area contributed by atoms with Crippen LogP contribution in [0.5, 0.6) is 0 Å². The van der Waals surface area contributed by atoms with Crippen molar-refractivity contribution in [1.82, 2.24) is 15.5 Å². The van der Waals surface area contributed by atoms with E-state index in [4.69, 9.17) is 0 Å². The van der Waals surface area contributed by atoms with E-state index in [0.717, 1.165) is 44.0 Å². The minimum Gasteiger partial charge on any atom is -0.392 e. The average molecular weight is 318 g/mol. The van der Waals surface area contributed by atoms with Gasteiger partial charge in [0.05, 0.1) is 11.8 Å². The van der Waals surface area contributed by atoms with Crippen molar-refractivity contribution in [1.29, 1.82) is 0 Å². The van der Waals surface area contributed by atoms with Crippen molar-refractivity contribution in [2.75, 3.05) is 24.5 Å². The van der Waals surface area contributed by atoms with E-state index in [0.29, 0.717) is 12.0 Å². The van der Waals surface area contributed by atoms with Gasteiger partial charge in [-0.25, -0.2) is 0 Å². The van der Waals surface area contributed by atoms with E-state index in [1.54, 1.807) is 0 Å². The van der Waals surface area contributed by atoms with Gasteiger partial charge in [0.2, 0.25) is 0 Å². The summed E-state index contributed by atoms with van der Waals surface area (Å²) in [6.45, 7) is 9.51. The Bertz CT molecular complexity index is 505. The Labute approximate surface area is 139 Å². The van der Waals surface area contributed by atoms with Crippen LogP contribution in [-0.2, 0) is 5.41 Å². The molecule has 0 aromatic carbocycles. The maximum atomic E-state index is 10.0. The number of aliphatic hydroxyl groups is 1. The van der Waals surface area contributed by atoms with Gasteiger partial charge >= 0.3 is 0 Å². The Hall–Kier alpha value is -1.20. The Morgan fingerprint density at radius 1 is 1.17 bits per heavy atom. The molecule has 1 aromatic rings. The molecule has 0 bridgehead atoms. The molecule has 2 N–H and O–H groups in total. The summed E-state index contributed by atoms with van der Waals surface area (Å²) < 4.78 is 0. The number of nitrogens with zero attached hydrogens (tertiary/aromatic N) is 3. The van der Waals surface area contributed by atoms with Crippen LogP contribution in [0.25, 0.3) is 0 Å². The largest absolute Gasteiger partial charge is 0.392 e. The molecule has 3 rings (SSSR count). The van der Waals surface area contributed by atoms with Gasteiger partial charge in [0, 0.05) is 37.0 Å². The predicted octanol–water partition coefficient (Wildman–Crippen LogP) is 2.10. The Balaban J connectivity index is 1.44. The van der Waals surface area contributed by atoms with Gasteiger partial charge in [-0.05, 0) is 25.0 Å². The quantitative estimate of drug-likeness (QED) is 0.890. The molecule has 2 heterocycles. The van der Waals surface area contributed by atoms with Crippen LogP contribution in [0.3, 0.4) is 0 Å². The van der Waals surface area contributed by atoms with Crippen LogP contribution in [0.4, 0.5) is 5.82 Å². The normalized spacial score (nSPS) is 26.2. The second-order valence-electron chi connectivity index (χ2n) is 8.16. The lowest BCUT2D eigenvalue weighted by atomic mass is 9.91. The molecule has 1 aliphatic carbocycles. The number of nitrogens with one attached hydrogen (secondary N) is 1. The van der Waals surface area contributed by atoms with Gasteiger partial charge in [-0.2, -0.15) is 5.10 Å². The first-order valence-corrected chi connectivity index (χ1v) is 8.94. The summed E-state index contributed by atoms with van der Waals surface area (Å²) in [6, 6.07) is 4.47. The highest BCUT2D eigenvalue weighted by Gasteiger charge is 2.30. The first-order valence-electron chi connectivity index (χ1n) is 8.94. The Morgan fingerprint density at radius 2 is 1.91 bits per heavy atom. The van der Waals surface area contributed by atoms with Gasteiger partial charge in [0.15, 0.2) is 5.82 Å². The molecule has 1 saturated carbocycles. The van der Waals surface area contributed by atoms with Gasteiger partial charge in [-0.3, -0.25) is 0 Å². The molecule has 5 heteroatoms. The molecule has 1 aromatic heterocycles. The molecular formula is C18H30N4O. The van der Waals surface area contributed by atoms with Crippen LogP contribution in [-0.4, -0.2) is 47.1 Å². The van der Waals surface area contributed by atoms with Crippen LogP contribution >= 0.6 is 0 Å². The topological polar surface area (TPSA) is 61.3 Å². The van der Waals surface area contributed by atoms with Gasteiger partial charge in [0.25, 0.3) is 0 Å². The molecule has 0 amide bonds. The summed E-state index contributed by atoms with van der Waals surface area (Å²) in [5.41, 5.74) is 1.08. The molecule has 2 aliphatic rings. The fourth-order valence-electron chi connectivity index (χ4n) is 3.45. The average Bonchev–Trinajstić information content (AvgIpc) is 2.47. The SMILES string of the molecule is CC(C)(C)c1ccc(N2CC(CNC3CCCCC3O)C2)nn1. The fraction of sp³-hybridized carbons (Fsp3) is 0.778. The second kappa shape index (κ2) is 6.73. The lowest BCUT2D eigenvalue weighted by Gasteiger charge is -2.41. The third kappa shape index (κ3) is 4.01. The second-order valence-corrected chi connectivity index (χ2v) is 8.16. The molecule has 2 fully saturated rings. The zero-order valence-electron chi connectivity index (χ0n) is 14.6. The van der Waals surface area contributed by atoms with Crippen molar-refractivity contribution < 1.29 is 5.11 Å². The van der Waals surface area contributed by atoms with Gasteiger partial charge in [-0.15, -0.1) is 5.10 Å². The lowest BCUT2D eigenvalue weighted by Crippen LogP contribution is -2.54.